The molecule has 0 radical (unpaired) electrons. The number of fused-ring (bicyclic) bond motifs is 1. The van der Waals surface area contributed by atoms with Crippen LogP contribution in [0.4, 0.5) is 0 Å². The van der Waals surface area contributed by atoms with Crippen molar-refractivity contribution in [2.45, 2.75) is 140 Å². The molecule has 0 unspecified atom stereocenters. The van der Waals surface area contributed by atoms with Crippen molar-refractivity contribution in [2.24, 2.45) is 0 Å². The van der Waals surface area contributed by atoms with Gasteiger partial charge < -0.3 is 36.0 Å². The first-order valence-electron chi connectivity index (χ1n) is 18.4. The van der Waals surface area contributed by atoms with E-state index in [0.717, 1.165) is 66.4 Å². The second-order valence-corrected chi connectivity index (χ2v) is 14.0. The number of allylic oxidation sites excluding steroid dienone is 2. The fourth-order valence-electron chi connectivity index (χ4n) is 6.66. The van der Waals surface area contributed by atoms with E-state index in [9.17, 15) is 30.3 Å². The van der Waals surface area contributed by atoms with Gasteiger partial charge in [0, 0.05) is 36.9 Å². The van der Waals surface area contributed by atoms with Crippen LogP contribution in [0.5, 0.6) is 5.75 Å². The van der Waals surface area contributed by atoms with Crippen LogP contribution in [0.2, 0.25) is 0 Å². The van der Waals surface area contributed by atoms with Gasteiger partial charge in [-0.2, -0.15) is 0 Å². The topological polar surface area (TPSA) is 150 Å². The van der Waals surface area contributed by atoms with Crippen molar-refractivity contribution < 1.29 is 35.4 Å². The zero-order chi connectivity index (χ0) is 36.4. The lowest BCUT2D eigenvalue weighted by molar-refractivity contribution is -0.137. The SMILES string of the molecule is CCCCC[C@H](O)/C=C/C1=C(\C[C@H](O)CO)[C@H](CCCCCCC(=O)O)N[C@@H]([C@@](C)(O)Cc2ccc(O)cc2)CC#Cc2ccccc2CC1. The monoisotopic (exact) mass is 689 g/mol. The first-order chi connectivity index (χ1) is 24.0. The summed E-state index contributed by atoms with van der Waals surface area (Å²) in [6.45, 7) is 3.52. The Morgan fingerprint density at radius 1 is 1.02 bits per heavy atom. The van der Waals surface area contributed by atoms with E-state index in [-0.39, 0.29) is 24.6 Å². The van der Waals surface area contributed by atoms with Crippen LogP contribution in [0.15, 0.2) is 71.8 Å². The van der Waals surface area contributed by atoms with Crippen LogP contribution in [-0.2, 0) is 17.6 Å². The minimum absolute atomic E-state index is 0.132. The van der Waals surface area contributed by atoms with Gasteiger partial charge in [0.15, 0.2) is 0 Å². The van der Waals surface area contributed by atoms with Crippen LogP contribution in [-0.4, -0.2) is 73.1 Å². The molecule has 5 atom stereocenters. The fourth-order valence-corrected chi connectivity index (χ4v) is 6.66. The zero-order valence-corrected chi connectivity index (χ0v) is 30.0. The van der Waals surface area contributed by atoms with Crippen LogP contribution in [0.25, 0.3) is 0 Å². The van der Waals surface area contributed by atoms with Gasteiger partial charge in [0.25, 0.3) is 0 Å². The highest BCUT2D eigenvalue weighted by atomic mass is 16.4. The van der Waals surface area contributed by atoms with Gasteiger partial charge in [-0.15, -0.1) is 0 Å². The lowest BCUT2D eigenvalue weighted by atomic mass is 9.83. The number of nitrogens with one attached hydrogen (secondary N) is 1. The van der Waals surface area contributed by atoms with E-state index in [4.69, 9.17) is 5.11 Å². The quantitative estimate of drug-likeness (QED) is 0.0665. The Balaban J connectivity index is 2.12. The zero-order valence-electron chi connectivity index (χ0n) is 30.0. The standard InChI is InChI=1S/C42H59NO7/c1-3-4-7-16-35(45)27-24-34-23-22-33-14-11-10-13-32(33)15-12-18-40(42(2,50)29-31-20-25-36(46)26-21-31)43-39(38(34)28-37(47)30-44)17-8-5-6-9-19-41(48)49/h10-11,13-14,20-21,24-27,35,37,39-40,43-47,50H,3-9,16-19,22-23,28-30H2,1-2H3,(H,48,49)/b27-24+,38-34+/t35-,37-,39-,40+,42-/m0/s1. The van der Waals surface area contributed by atoms with Crippen LogP contribution < -0.4 is 5.32 Å². The van der Waals surface area contributed by atoms with Gasteiger partial charge in [-0.1, -0.05) is 99.8 Å². The Kier molecular flexibility index (Phi) is 17.8. The predicted octanol–water partition coefficient (Wildman–Crippen LogP) is 6.36. The molecular weight excluding hydrogens is 630 g/mol. The molecule has 7 N–H and O–H groups in total. The minimum Gasteiger partial charge on any atom is -0.508 e. The Morgan fingerprint density at radius 2 is 1.76 bits per heavy atom. The van der Waals surface area contributed by atoms with E-state index in [1.807, 2.05) is 30.4 Å². The molecular formula is C42H59NO7. The summed E-state index contributed by atoms with van der Waals surface area (Å²) >= 11 is 0. The fraction of sp³-hybridized carbons (Fsp3) is 0.548. The van der Waals surface area contributed by atoms with E-state index < -0.39 is 36.4 Å². The Hall–Kier alpha value is -3.45. The number of unbranched alkanes of at least 4 members (excludes halogenated alkanes) is 5. The molecule has 0 fully saturated rings. The second kappa shape index (κ2) is 21.7. The van der Waals surface area contributed by atoms with Gasteiger partial charge in [0.2, 0.25) is 0 Å². The number of aryl methyl sites for hydroxylation is 1. The average molecular weight is 690 g/mol. The van der Waals surface area contributed by atoms with Crippen molar-refractivity contribution in [3.8, 4) is 17.6 Å². The van der Waals surface area contributed by atoms with Crippen molar-refractivity contribution in [3.05, 3.63) is 88.5 Å². The largest absolute Gasteiger partial charge is 0.508 e. The Bertz CT molecular complexity index is 1440. The second-order valence-electron chi connectivity index (χ2n) is 14.0. The molecule has 0 aliphatic carbocycles. The number of phenols is 1. The van der Waals surface area contributed by atoms with Gasteiger partial charge >= 0.3 is 5.97 Å². The summed E-state index contributed by atoms with van der Waals surface area (Å²) in [5.74, 6) is 6.06. The number of hydrogen-bond acceptors (Lipinski definition) is 7. The highest BCUT2D eigenvalue weighted by Crippen LogP contribution is 2.30. The third kappa shape index (κ3) is 14.4. The predicted molar refractivity (Wildman–Crippen MR) is 199 cm³/mol. The number of aliphatic hydroxyl groups is 4. The molecule has 0 amide bonds. The molecule has 0 saturated carbocycles. The van der Waals surface area contributed by atoms with E-state index >= 15 is 0 Å². The Morgan fingerprint density at radius 3 is 2.48 bits per heavy atom. The molecule has 0 spiro atoms. The third-order valence-electron chi connectivity index (χ3n) is 9.62. The maximum absolute atomic E-state index is 12.1. The van der Waals surface area contributed by atoms with Crippen LogP contribution in [0, 0.1) is 11.8 Å². The van der Waals surface area contributed by atoms with Crippen molar-refractivity contribution in [3.63, 3.8) is 0 Å². The number of carbonyl (C=O) groups is 1. The number of carboxylic acids is 1. The number of aliphatic carboxylic acids is 1. The molecule has 2 aromatic carbocycles. The van der Waals surface area contributed by atoms with Crippen molar-refractivity contribution >= 4 is 5.97 Å². The molecule has 0 saturated heterocycles. The van der Waals surface area contributed by atoms with Gasteiger partial charge in [-0.25, -0.2) is 0 Å². The van der Waals surface area contributed by atoms with Gasteiger partial charge in [-0.3, -0.25) is 4.79 Å². The molecule has 8 nitrogen and oxygen atoms in total. The van der Waals surface area contributed by atoms with E-state index in [0.29, 0.717) is 44.9 Å². The summed E-state index contributed by atoms with van der Waals surface area (Å²) in [4.78, 5) is 11.1. The summed E-state index contributed by atoms with van der Waals surface area (Å²) in [7, 11) is 0. The van der Waals surface area contributed by atoms with E-state index in [1.54, 1.807) is 31.2 Å². The smallest absolute Gasteiger partial charge is 0.303 e. The van der Waals surface area contributed by atoms with Crippen molar-refractivity contribution in [1.82, 2.24) is 5.32 Å². The first kappa shape index (κ1) is 41.0. The number of hydrogen-bond donors (Lipinski definition) is 7. The van der Waals surface area contributed by atoms with Crippen LogP contribution >= 0.6 is 0 Å². The van der Waals surface area contributed by atoms with Crippen molar-refractivity contribution in [1.29, 1.82) is 0 Å². The molecule has 8 heteroatoms. The lowest BCUT2D eigenvalue weighted by Gasteiger charge is -2.38. The number of rotatable bonds is 19. The summed E-state index contributed by atoms with van der Waals surface area (Å²) in [5, 5.41) is 66.7. The number of carboxylic acid groups (broad SMARTS) is 1. The highest BCUT2D eigenvalue weighted by molar-refractivity contribution is 5.66. The molecule has 274 valence electrons. The number of aromatic hydroxyl groups is 1. The molecule has 2 aromatic rings. The number of aliphatic hydroxyl groups excluding tert-OH is 3. The molecule has 0 aromatic heterocycles. The maximum atomic E-state index is 12.1. The Labute approximate surface area is 299 Å². The number of phenolic OH excluding ortho intramolecular Hbond substituents is 1. The van der Waals surface area contributed by atoms with Crippen molar-refractivity contribution in [2.75, 3.05) is 6.61 Å². The van der Waals surface area contributed by atoms with E-state index in [2.05, 4.69) is 30.1 Å². The molecule has 1 aliphatic rings. The summed E-state index contributed by atoms with van der Waals surface area (Å²) in [5.41, 5.74) is 3.50. The van der Waals surface area contributed by atoms with Gasteiger partial charge in [0.1, 0.15) is 5.75 Å². The first-order valence-corrected chi connectivity index (χ1v) is 18.4. The lowest BCUT2D eigenvalue weighted by Crippen LogP contribution is -2.54. The minimum atomic E-state index is -1.26. The molecule has 0 bridgehead atoms. The van der Waals surface area contributed by atoms with Gasteiger partial charge in [-0.05, 0) is 85.9 Å². The molecule has 50 heavy (non-hydrogen) atoms. The van der Waals surface area contributed by atoms with Gasteiger partial charge in [0.05, 0.1) is 24.4 Å². The maximum Gasteiger partial charge on any atom is 0.303 e. The summed E-state index contributed by atoms with van der Waals surface area (Å²) in [6.07, 6.45) is 11.8. The summed E-state index contributed by atoms with van der Waals surface area (Å²) < 4.78 is 0. The normalized spacial score (nSPS) is 20.8. The molecule has 1 aliphatic heterocycles. The van der Waals surface area contributed by atoms with E-state index in [1.165, 1.54) is 0 Å². The molecule has 1 heterocycles. The van der Waals surface area contributed by atoms with Crippen LogP contribution in [0.1, 0.15) is 114 Å². The summed E-state index contributed by atoms with van der Waals surface area (Å²) in [6, 6.07) is 14.1. The number of benzene rings is 2. The third-order valence-corrected chi connectivity index (χ3v) is 9.62. The molecule has 3 rings (SSSR count). The average Bonchev–Trinajstić information content (AvgIpc) is 3.08. The van der Waals surface area contributed by atoms with Crippen LogP contribution in [0.3, 0.4) is 0 Å². The highest BCUT2D eigenvalue weighted by Gasteiger charge is 2.35.